The van der Waals surface area contributed by atoms with Gasteiger partial charge in [0.1, 0.15) is 0 Å². The zero-order chi connectivity index (χ0) is 13.2. The first-order chi connectivity index (χ1) is 9.29. The number of hydrogen-bond donors (Lipinski definition) is 1. The largest absolute Gasteiger partial charge is 0.326 e. The summed E-state index contributed by atoms with van der Waals surface area (Å²) < 4.78 is 0. The van der Waals surface area contributed by atoms with Crippen molar-refractivity contribution < 1.29 is 0 Å². The third-order valence-corrected chi connectivity index (χ3v) is 3.57. The van der Waals surface area contributed by atoms with Gasteiger partial charge in [-0.2, -0.15) is 0 Å². The van der Waals surface area contributed by atoms with Crippen molar-refractivity contribution in [2.24, 2.45) is 5.73 Å². The Kier molecular flexibility index (Phi) is 3.06. The summed E-state index contributed by atoms with van der Waals surface area (Å²) in [5.74, 6) is 0. The van der Waals surface area contributed by atoms with Gasteiger partial charge in [-0.15, -0.1) is 0 Å². The Morgan fingerprint density at radius 2 is 1.63 bits per heavy atom. The average Bonchev–Trinajstić information content (AvgIpc) is 2.46. The Hall–Kier alpha value is -2.12. The third-order valence-electron chi connectivity index (χ3n) is 3.57. The molecule has 0 atom stereocenters. The summed E-state index contributed by atoms with van der Waals surface area (Å²) in [7, 11) is 0. The van der Waals surface area contributed by atoms with Crippen LogP contribution in [0.4, 0.5) is 0 Å². The van der Waals surface area contributed by atoms with Gasteiger partial charge in [0.15, 0.2) is 0 Å². The molecule has 1 heteroatoms. The second kappa shape index (κ2) is 4.87. The molecule has 0 fully saturated rings. The van der Waals surface area contributed by atoms with Gasteiger partial charge in [0.25, 0.3) is 0 Å². The molecule has 1 nitrogen and oxygen atoms in total. The summed E-state index contributed by atoms with van der Waals surface area (Å²) in [5, 5.41) is 2.55. The fourth-order valence-corrected chi connectivity index (χ4v) is 2.58. The van der Waals surface area contributed by atoms with Crippen molar-refractivity contribution in [3.05, 3.63) is 71.8 Å². The normalized spacial score (nSPS) is 10.8. The molecule has 19 heavy (non-hydrogen) atoms. The van der Waals surface area contributed by atoms with E-state index >= 15 is 0 Å². The van der Waals surface area contributed by atoms with Gasteiger partial charge in [0.2, 0.25) is 0 Å². The molecule has 0 heterocycles. The SMILES string of the molecule is Cc1ccc(CN)c(-c2cccc3ccccc23)c1. The zero-order valence-corrected chi connectivity index (χ0v) is 11.1. The molecule has 0 unspecified atom stereocenters. The number of nitrogens with two attached hydrogens (primary N) is 1. The molecule has 94 valence electrons. The highest BCUT2D eigenvalue weighted by molar-refractivity contribution is 5.97. The highest BCUT2D eigenvalue weighted by atomic mass is 14.5. The van der Waals surface area contributed by atoms with Crippen LogP contribution < -0.4 is 5.73 Å². The lowest BCUT2D eigenvalue weighted by Crippen LogP contribution is -1.99. The van der Waals surface area contributed by atoms with Crippen molar-refractivity contribution in [1.29, 1.82) is 0 Å². The maximum atomic E-state index is 5.88. The van der Waals surface area contributed by atoms with Crippen LogP contribution in [-0.2, 0) is 6.54 Å². The van der Waals surface area contributed by atoms with Gasteiger partial charge in [-0.25, -0.2) is 0 Å². The van der Waals surface area contributed by atoms with E-state index in [-0.39, 0.29) is 0 Å². The second-order valence-electron chi connectivity index (χ2n) is 4.89. The van der Waals surface area contributed by atoms with E-state index in [1.165, 1.54) is 33.0 Å². The third kappa shape index (κ3) is 2.13. The van der Waals surface area contributed by atoms with Crippen LogP contribution in [0.25, 0.3) is 21.9 Å². The monoisotopic (exact) mass is 247 g/mol. The van der Waals surface area contributed by atoms with Crippen molar-refractivity contribution in [2.45, 2.75) is 13.5 Å². The van der Waals surface area contributed by atoms with Crippen LogP contribution in [0.2, 0.25) is 0 Å². The molecule has 0 aliphatic rings. The molecule has 0 saturated heterocycles. The fourth-order valence-electron chi connectivity index (χ4n) is 2.58. The first-order valence-electron chi connectivity index (χ1n) is 6.57. The fraction of sp³-hybridized carbons (Fsp3) is 0.111. The first-order valence-corrected chi connectivity index (χ1v) is 6.57. The Labute approximate surface area is 113 Å². The Bertz CT molecular complexity index is 723. The molecule has 3 rings (SSSR count). The summed E-state index contributed by atoms with van der Waals surface area (Å²) in [6, 6.07) is 21.4. The van der Waals surface area contributed by atoms with Crippen LogP contribution in [0.1, 0.15) is 11.1 Å². The molecule has 2 N–H and O–H groups in total. The van der Waals surface area contributed by atoms with Crippen LogP contribution >= 0.6 is 0 Å². The van der Waals surface area contributed by atoms with Gasteiger partial charge in [0, 0.05) is 6.54 Å². The summed E-state index contributed by atoms with van der Waals surface area (Å²) in [6.45, 7) is 2.69. The Morgan fingerprint density at radius 3 is 2.47 bits per heavy atom. The smallest absolute Gasteiger partial charge is 0.0184 e. The molecular formula is C18H17N. The predicted octanol–water partition coefficient (Wildman–Crippen LogP) is 4.27. The molecule has 0 amide bonds. The number of aryl methyl sites for hydroxylation is 1. The molecule has 3 aromatic rings. The lowest BCUT2D eigenvalue weighted by atomic mass is 9.93. The molecular weight excluding hydrogens is 230 g/mol. The number of hydrogen-bond acceptors (Lipinski definition) is 1. The predicted molar refractivity (Wildman–Crippen MR) is 82.0 cm³/mol. The molecule has 0 aliphatic carbocycles. The van der Waals surface area contributed by atoms with Crippen molar-refractivity contribution in [3.63, 3.8) is 0 Å². The van der Waals surface area contributed by atoms with Crippen molar-refractivity contribution in [1.82, 2.24) is 0 Å². The Balaban J connectivity index is 2.33. The quantitative estimate of drug-likeness (QED) is 0.719. The minimum atomic E-state index is 0.568. The van der Waals surface area contributed by atoms with E-state index in [1.54, 1.807) is 0 Å². The number of benzene rings is 3. The van der Waals surface area contributed by atoms with Crippen LogP contribution in [0.5, 0.6) is 0 Å². The summed E-state index contributed by atoms with van der Waals surface area (Å²) in [4.78, 5) is 0. The lowest BCUT2D eigenvalue weighted by molar-refractivity contribution is 1.07. The van der Waals surface area contributed by atoms with Crippen molar-refractivity contribution in [2.75, 3.05) is 0 Å². The zero-order valence-electron chi connectivity index (χ0n) is 11.1. The summed E-state index contributed by atoms with van der Waals surface area (Å²) >= 11 is 0. The highest BCUT2D eigenvalue weighted by Crippen LogP contribution is 2.31. The molecule has 0 bridgehead atoms. The minimum Gasteiger partial charge on any atom is -0.326 e. The molecule has 0 saturated carbocycles. The minimum absolute atomic E-state index is 0.568. The number of fused-ring (bicyclic) bond motifs is 1. The molecule has 0 aromatic heterocycles. The number of rotatable bonds is 2. The van der Waals surface area contributed by atoms with Crippen LogP contribution in [0.3, 0.4) is 0 Å². The van der Waals surface area contributed by atoms with E-state index < -0.39 is 0 Å². The van der Waals surface area contributed by atoms with E-state index in [4.69, 9.17) is 5.73 Å². The molecule has 0 spiro atoms. The van der Waals surface area contributed by atoms with E-state index in [2.05, 4.69) is 67.6 Å². The maximum absolute atomic E-state index is 5.88. The van der Waals surface area contributed by atoms with Crippen LogP contribution in [0, 0.1) is 6.92 Å². The van der Waals surface area contributed by atoms with Gasteiger partial charge >= 0.3 is 0 Å². The van der Waals surface area contributed by atoms with Crippen molar-refractivity contribution in [3.8, 4) is 11.1 Å². The summed E-state index contributed by atoms with van der Waals surface area (Å²) in [5.41, 5.74) is 10.9. The topological polar surface area (TPSA) is 26.0 Å². The van der Waals surface area contributed by atoms with Gasteiger partial charge in [0.05, 0.1) is 0 Å². The van der Waals surface area contributed by atoms with E-state index in [1.807, 2.05) is 0 Å². The maximum Gasteiger partial charge on any atom is 0.0184 e. The van der Waals surface area contributed by atoms with Gasteiger partial charge < -0.3 is 5.73 Å². The standard InChI is InChI=1S/C18H17N/c1-13-9-10-15(12-19)18(11-13)17-8-4-6-14-5-2-3-7-16(14)17/h2-11H,12,19H2,1H3. The van der Waals surface area contributed by atoms with Crippen LogP contribution in [-0.4, -0.2) is 0 Å². The molecule has 3 aromatic carbocycles. The van der Waals surface area contributed by atoms with Crippen LogP contribution in [0.15, 0.2) is 60.7 Å². The van der Waals surface area contributed by atoms with Gasteiger partial charge in [-0.05, 0) is 34.4 Å². The Morgan fingerprint density at radius 1 is 0.842 bits per heavy atom. The van der Waals surface area contributed by atoms with Gasteiger partial charge in [-0.3, -0.25) is 0 Å². The lowest BCUT2D eigenvalue weighted by Gasteiger charge is -2.12. The average molecular weight is 247 g/mol. The molecule has 0 aliphatic heterocycles. The first kappa shape index (κ1) is 11.9. The van der Waals surface area contributed by atoms with E-state index in [0.717, 1.165) is 0 Å². The van der Waals surface area contributed by atoms with Crippen molar-refractivity contribution >= 4 is 10.8 Å². The molecule has 0 radical (unpaired) electrons. The van der Waals surface area contributed by atoms with Gasteiger partial charge in [-0.1, -0.05) is 66.2 Å². The van der Waals surface area contributed by atoms with E-state index in [0.29, 0.717) is 6.54 Å². The highest BCUT2D eigenvalue weighted by Gasteiger charge is 2.07. The summed E-state index contributed by atoms with van der Waals surface area (Å²) in [6.07, 6.45) is 0. The second-order valence-corrected chi connectivity index (χ2v) is 4.89. The van der Waals surface area contributed by atoms with E-state index in [9.17, 15) is 0 Å².